The Bertz CT molecular complexity index is 352. The summed E-state index contributed by atoms with van der Waals surface area (Å²) in [6, 6.07) is 8.10. The van der Waals surface area contributed by atoms with E-state index in [4.69, 9.17) is 0 Å². The second kappa shape index (κ2) is 8.60. The lowest BCUT2D eigenvalue weighted by Gasteiger charge is -2.30. The van der Waals surface area contributed by atoms with E-state index in [0.717, 1.165) is 16.6 Å². The van der Waals surface area contributed by atoms with E-state index >= 15 is 0 Å². The van der Waals surface area contributed by atoms with Gasteiger partial charge in [0.05, 0.1) is 12.1 Å². The van der Waals surface area contributed by atoms with Crippen molar-refractivity contribution in [3.63, 3.8) is 0 Å². The molecule has 0 aliphatic carbocycles. The van der Waals surface area contributed by atoms with Crippen LogP contribution >= 0.6 is 15.9 Å². The van der Waals surface area contributed by atoms with Crippen molar-refractivity contribution in [3.05, 3.63) is 28.7 Å². The Labute approximate surface area is 125 Å². The average Bonchev–Trinajstić information content (AvgIpc) is 2.41. The maximum atomic E-state index is 9.63. The summed E-state index contributed by atoms with van der Waals surface area (Å²) in [4.78, 5) is 0. The Balaban J connectivity index is 2.43. The first-order valence-electron chi connectivity index (χ1n) is 7.24. The highest BCUT2D eigenvalue weighted by Crippen LogP contribution is 2.22. The summed E-state index contributed by atoms with van der Waals surface area (Å²) >= 11 is 3.43. The molecule has 108 valence electrons. The Morgan fingerprint density at radius 3 is 2.32 bits per heavy atom. The van der Waals surface area contributed by atoms with Crippen LogP contribution in [0.15, 0.2) is 28.7 Å². The predicted octanol–water partition coefficient (Wildman–Crippen LogP) is 4.97. The molecule has 3 heteroatoms. The molecule has 1 aromatic rings. The van der Waals surface area contributed by atoms with Crippen LogP contribution in [0.25, 0.3) is 0 Å². The minimum Gasteiger partial charge on any atom is -0.394 e. The van der Waals surface area contributed by atoms with Crippen LogP contribution in [0.5, 0.6) is 0 Å². The van der Waals surface area contributed by atoms with Crippen LogP contribution in [-0.2, 0) is 0 Å². The largest absolute Gasteiger partial charge is 0.394 e. The standard InChI is InChI=1S/C16H26BrNO/c1-3-4-5-6-7-12-16(2,13-19)18-15-10-8-14(17)9-11-15/h8-11,18-19H,3-7,12-13H2,1-2H3. The van der Waals surface area contributed by atoms with Crippen molar-refractivity contribution < 1.29 is 5.11 Å². The summed E-state index contributed by atoms with van der Waals surface area (Å²) in [6.07, 6.45) is 7.32. The van der Waals surface area contributed by atoms with E-state index < -0.39 is 0 Å². The average molecular weight is 328 g/mol. The fourth-order valence-corrected chi connectivity index (χ4v) is 2.45. The van der Waals surface area contributed by atoms with Crippen molar-refractivity contribution in [2.45, 2.75) is 57.9 Å². The number of benzene rings is 1. The number of halogens is 1. The van der Waals surface area contributed by atoms with Crippen LogP contribution in [0.4, 0.5) is 5.69 Å². The molecule has 2 nitrogen and oxygen atoms in total. The molecule has 1 rings (SSSR count). The van der Waals surface area contributed by atoms with E-state index in [1.807, 2.05) is 24.3 Å². The van der Waals surface area contributed by atoms with Crippen LogP contribution in [0.2, 0.25) is 0 Å². The zero-order valence-electron chi connectivity index (χ0n) is 12.1. The van der Waals surface area contributed by atoms with Gasteiger partial charge in [0.15, 0.2) is 0 Å². The first-order valence-corrected chi connectivity index (χ1v) is 8.03. The van der Waals surface area contributed by atoms with E-state index in [1.54, 1.807) is 0 Å². The number of unbranched alkanes of at least 4 members (excludes halogenated alkanes) is 4. The Morgan fingerprint density at radius 1 is 1.11 bits per heavy atom. The molecule has 0 bridgehead atoms. The van der Waals surface area contributed by atoms with Crippen molar-refractivity contribution in [2.24, 2.45) is 0 Å². The number of hydrogen-bond donors (Lipinski definition) is 2. The molecule has 1 unspecified atom stereocenters. The number of hydrogen-bond acceptors (Lipinski definition) is 2. The van der Waals surface area contributed by atoms with Gasteiger partial charge in [0, 0.05) is 10.2 Å². The summed E-state index contributed by atoms with van der Waals surface area (Å²) in [5.41, 5.74) is 0.841. The fourth-order valence-electron chi connectivity index (χ4n) is 2.18. The van der Waals surface area contributed by atoms with Crippen LogP contribution in [0.3, 0.4) is 0 Å². The SMILES string of the molecule is CCCCCCCC(C)(CO)Nc1ccc(Br)cc1. The summed E-state index contributed by atoms with van der Waals surface area (Å²) < 4.78 is 1.07. The first kappa shape index (κ1) is 16.5. The summed E-state index contributed by atoms with van der Waals surface area (Å²) in [6.45, 7) is 4.48. The van der Waals surface area contributed by atoms with Crippen LogP contribution in [0.1, 0.15) is 52.4 Å². The lowest BCUT2D eigenvalue weighted by atomic mass is 9.94. The maximum Gasteiger partial charge on any atom is 0.0658 e. The van der Waals surface area contributed by atoms with Gasteiger partial charge >= 0.3 is 0 Å². The van der Waals surface area contributed by atoms with E-state index in [2.05, 4.69) is 35.1 Å². The van der Waals surface area contributed by atoms with E-state index in [9.17, 15) is 5.11 Å². The first-order chi connectivity index (χ1) is 9.09. The van der Waals surface area contributed by atoms with Crippen molar-refractivity contribution in [2.75, 3.05) is 11.9 Å². The molecule has 1 atom stereocenters. The predicted molar refractivity (Wildman–Crippen MR) is 86.6 cm³/mol. The highest BCUT2D eigenvalue weighted by molar-refractivity contribution is 9.10. The van der Waals surface area contributed by atoms with Crippen LogP contribution in [-0.4, -0.2) is 17.3 Å². The molecule has 0 radical (unpaired) electrons. The lowest BCUT2D eigenvalue weighted by molar-refractivity contribution is 0.211. The van der Waals surface area contributed by atoms with Gasteiger partial charge in [-0.05, 0) is 37.6 Å². The topological polar surface area (TPSA) is 32.3 Å². The molecule has 0 spiro atoms. The number of aliphatic hydroxyl groups is 1. The molecule has 0 fully saturated rings. The molecular weight excluding hydrogens is 302 g/mol. The van der Waals surface area contributed by atoms with Crippen molar-refractivity contribution >= 4 is 21.6 Å². The summed E-state index contributed by atoms with van der Waals surface area (Å²) in [7, 11) is 0. The van der Waals surface area contributed by atoms with Crippen molar-refractivity contribution in [3.8, 4) is 0 Å². The fraction of sp³-hybridized carbons (Fsp3) is 0.625. The smallest absolute Gasteiger partial charge is 0.0658 e. The molecule has 0 saturated heterocycles. The normalized spacial score (nSPS) is 14.1. The van der Waals surface area contributed by atoms with Gasteiger partial charge in [-0.2, -0.15) is 0 Å². The van der Waals surface area contributed by atoms with Gasteiger partial charge in [0.25, 0.3) is 0 Å². The molecule has 0 heterocycles. The van der Waals surface area contributed by atoms with Gasteiger partial charge in [0.2, 0.25) is 0 Å². The summed E-state index contributed by atoms with van der Waals surface area (Å²) in [5, 5.41) is 13.1. The van der Waals surface area contributed by atoms with Crippen molar-refractivity contribution in [1.82, 2.24) is 0 Å². The third-order valence-corrected chi connectivity index (χ3v) is 4.00. The number of rotatable bonds is 9. The van der Waals surface area contributed by atoms with E-state index in [0.29, 0.717) is 0 Å². The molecule has 0 aliphatic rings. The van der Waals surface area contributed by atoms with Crippen LogP contribution in [0, 0.1) is 0 Å². The number of nitrogens with one attached hydrogen (secondary N) is 1. The van der Waals surface area contributed by atoms with Crippen LogP contribution < -0.4 is 5.32 Å². The minimum atomic E-state index is -0.222. The molecule has 0 amide bonds. The third kappa shape index (κ3) is 6.44. The molecular formula is C16H26BrNO. The molecule has 2 N–H and O–H groups in total. The Kier molecular flexibility index (Phi) is 7.47. The highest BCUT2D eigenvalue weighted by atomic mass is 79.9. The van der Waals surface area contributed by atoms with E-state index in [-0.39, 0.29) is 12.1 Å². The second-order valence-corrected chi connectivity index (χ2v) is 6.43. The monoisotopic (exact) mass is 327 g/mol. The molecule has 0 aromatic heterocycles. The molecule has 1 aromatic carbocycles. The quantitative estimate of drug-likeness (QED) is 0.627. The second-order valence-electron chi connectivity index (χ2n) is 5.51. The van der Waals surface area contributed by atoms with Gasteiger partial charge < -0.3 is 10.4 Å². The summed E-state index contributed by atoms with van der Waals surface area (Å²) in [5.74, 6) is 0. The molecule has 0 aliphatic heterocycles. The van der Waals surface area contributed by atoms with Gasteiger partial charge in [-0.1, -0.05) is 55.0 Å². The molecule has 19 heavy (non-hydrogen) atoms. The Hall–Kier alpha value is -0.540. The highest BCUT2D eigenvalue weighted by Gasteiger charge is 2.22. The van der Waals surface area contributed by atoms with Crippen molar-refractivity contribution in [1.29, 1.82) is 0 Å². The van der Waals surface area contributed by atoms with Gasteiger partial charge in [-0.15, -0.1) is 0 Å². The zero-order valence-corrected chi connectivity index (χ0v) is 13.7. The molecule has 0 saturated carbocycles. The van der Waals surface area contributed by atoms with Gasteiger partial charge in [-0.3, -0.25) is 0 Å². The van der Waals surface area contributed by atoms with Gasteiger partial charge in [0.1, 0.15) is 0 Å². The minimum absolute atomic E-state index is 0.164. The third-order valence-electron chi connectivity index (χ3n) is 3.47. The Morgan fingerprint density at radius 2 is 1.74 bits per heavy atom. The number of anilines is 1. The lowest BCUT2D eigenvalue weighted by Crippen LogP contribution is -2.38. The number of aliphatic hydroxyl groups excluding tert-OH is 1. The maximum absolute atomic E-state index is 9.63. The van der Waals surface area contributed by atoms with E-state index in [1.165, 1.54) is 32.1 Å². The zero-order chi connectivity index (χ0) is 14.1. The van der Waals surface area contributed by atoms with Gasteiger partial charge in [-0.25, -0.2) is 0 Å².